The molecule has 0 radical (unpaired) electrons. The van der Waals surface area contributed by atoms with Gasteiger partial charge in [-0.1, -0.05) is 58.0 Å². The number of aryl methyl sites for hydroxylation is 1. The zero-order chi connectivity index (χ0) is 24.8. The Bertz CT molecular complexity index is 1250. The highest BCUT2D eigenvalue weighted by Gasteiger charge is 2.30. The Labute approximate surface area is 218 Å². The van der Waals surface area contributed by atoms with Gasteiger partial charge in [-0.15, -0.1) is 10.2 Å². The van der Waals surface area contributed by atoms with Crippen LogP contribution in [0.3, 0.4) is 0 Å². The number of anilines is 1. The van der Waals surface area contributed by atoms with Gasteiger partial charge in [0.25, 0.3) is 0 Å². The number of carbonyl (C=O) groups excluding carboxylic acids is 1. The predicted molar refractivity (Wildman–Crippen MR) is 142 cm³/mol. The molecule has 1 saturated heterocycles. The Kier molecular flexibility index (Phi) is 8.64. The molecule has 1 N–H and O–H groups in total. The van der Waals surface area contributed by atoms with Gasteiger partial charge in [-0.3, -0.25) is 4.79 Å². The van der Waals surface area contributed by atoms with Gasteiger partial charge in [0.15, 0.2) is 5.16 Å². The molecule has 0 spiro atoms. The molecule has 0 unspecified atom stereocenters. The lowest BCUT2D eigenvalue weighted by Gasteiger charge is -2.30. The molecule has 3 aromatic rings. The summed E-state index contributed by atoms with van der Waals surface area (Å²) in [5.41, 5.74) is 1.92. The van der Waals surface area contributed by atoms with Crippen molar-refractivity contribution in [1.82, 2.24) is 19.1 Å². The van der Waals surface area contributed by atoms with Crippen molar-refractivity contribution < 1.29 is 13.2 Å². The summed E-state index contributed by atoms with van der Waals surface area (Å²) < 4.78 is 28.8. The quantitative estimate of drug-likeness (QED) is 0.384. The molecule has 1 aromatic heterocycles. The molecule has 186 valence electrons. The third kappa shape index (κ3) is 7.16. The number of nitrogens with zero attached hydrogens (tertiary/aromatic N) is 4. The van der Waals surface area contributed by atoms with E-state index in [1.807, 2.05) is 42.5 Å². The van der Waals surface area contributed by atoms with E-state index < -0.39 is 10.0 Å². The van der Waals surface area contributed by atoms with E-state index in [-0.39, 0.29) is 17.6 Å². The number of sulfonamides is 1. The number of rotatable bonds is 9. The fourth-order valence-electron chi connectivity index (χ4n) is 4.12. The second-order valence-electron chi connectivity index (χ2n) is 8.53. The number of thioether (sulfide) groups is 1. The van der Waals surface area contributed by atoms with Crippen molar-refractivity contribution in [1.29, 1.82) is 0 Å². The highest BCUT2D eigenvalue weighted by atomic mass is 79.9. The molecule has 0 aliphatic carbocycles. The van der Waals surface area contributed by atoms with Gasteiger partial charge in [-0.2, -0.15) is 0 Å². The first-order valence-electron chi connectivity index (χ1n) is 11.4. The zero-order valence-corrected chi connectivity index (χ0v) is 22.7. The van der Waals surface area contributed by atoms with Gasteiger partial charge in [0.05, 0.1) is 12.0 Å². The smallest absolute Gasteiger partial charge is 0.234 e. The molecule has 2 heterocycles. The zero-order valence-electron chi connectivity index (χ0n) is 19.4. The van der Waals surface area contributed by atoms with Crippen molar-refractivity contribution in [3.63, 3.8) is 0 Å². The number of nitrogens with one attached hydrogen (secondary N) is 1. The van der Waals surface area contributed by atoms with Gasteiger partial charge in [0.1, 0.15) is 5.82 Å². The van der Waals surface area contributed by atoms with Crippen LogP contribution in [0.25, 0.3) is 0 Å². The molecule has 8 nitrogen and oxygen atoms in total. The van der Waals surface area contributed by atoms with Crippen molar-refractivity contribution in [2.24, 2.45) is 0 Å². The van der Waals surface area contributed by atoms with Crippen LogP contribution in [0.5, 0.6) is 0 Å². The Morgan fingerprint density at radius 3 is 2.60 bits per heavy atom. The van der Waals surface area contributed by atoms with E-state index in [4.69, 9.17) is 0 Å². The van der Waals surface area contributed by atoms with Gasteiger partial charge < -0.3 is 9.88 Å². The average Bonchev–Trinajstić information content (AvgIpc) is 3.26. The van der Waals surface area contributed by atoms with Gasteiger partial charge in [-0.25, -0.2) is 12.7 Å². The first-order chi connectivity index (χ1) is 16.8. The van der Waals surface area contributed by atoms with Crippen LogP contribution in [-0.4, -0.2) is 58.5 Å². The van der Waals surface area contributed by atoms with E-state index in [0.717, 1.165) is 35.2 Å². The summed E-state index contributed by atoms with van der Waals surface area (Å²) in [5.74, 6) is 0.815. The second kappa shape index (κ2) is 11.7. The Morgan fingerprint density at radius 2 is 1.89 bits per heavy atom. The van der Waals surface area contributed by atoms with Crippen molar-refractivity contribution in [3.8, 4) is 0 Å². The van der Waals surface area contributed by atoms with E-state index in [1.54, 1.807) is 0 Å². The minimum absolute atomic E-state index is 0.0345. The van der Waals surface area contributed by atoms with E-state index in [0.29, 0.717) is 24.8 Å². The minimum Gasteiger partial charge on any atom is -0.325 e. The van der Waals surface area contributed by atoms with Crippen LogP contribution in [0.2, 0.25) is 0 Å². The normalized spacial score (nSPS) is 16.8. The first-order valence-corrected chi connectivity index (χ1v) is 15.0. The summed E-state index contributed by atoms with van der Waals surface area (Å²) in [5, 5.41) is 12.4. The fourth-order valence-corrected chi connectivity index (χ4v) is 6.07. The predicted octanol–water partition coefficient (Wildman–Crippen LogP) is 4.15. The van der Waals surface area contributed by atoms with Crippen LogP contribution in [0.1, 0.15) is 30.1 Å². The average molecular weight is 579 g/mol. The molecule has 35 heavy (non-hydrogen) atoms. The molecule has 4 rings (SSSR count). The maximum Gasteiger partial charge on any atom is 0.234 e. The van der Waals surface area contributed by atoms with Crippen LogP contribution in [0.4, 0.5) is 5.69 Å². The summed E-state index contributed by atoms with van der Waals surface area (Å²) in [6.07, 6.45) is 3.67. The van der Waals surface area contributed by atoms with Crippen LogP contribution in [0, 0.1) is 0 Å². The lowest BCUT2D eigenvalue weighted by Crippen LogP contribution is -2.39. The van der Waals surface area contributed by atoms with Crippen LogP contribution in [-0.2, 0) is 27.8 Å². The maximum absolute atomic E-state index is 12.5. The van der Waals surface area contributed by atoms with E-state index in [1.165, 1.54) is 27.9 Å². The highest BCUT2D eigenvalue weighted by molar-refractivity contribution is 9.10. The molecule has 1 fully saturated rings. The SMILES string of the molecule is CS(=O)(=O)N1CCC[C@H](c2nnc(SCC(=O)Nc3ccc(Br)cc3)n2CCc2ccccc2)C1. The van der Waals surface area contributed by atoms with E-state index in [2.05, 4.69) is 48.1 Å². The lowest BCUT2D eigenvalue weighted by molar-refractivity contribution is -0.113. The standard InChI is InChI=1S/C24H28BrN5O3S2/c1-35(32,33)29-14-5-8-19(16-29)23-27-28-24(30(23)15-13-18-6-3-2-4-7-18)34-17-22(31)26-21-11-9-20(25)10-12-21/h2-4,6-7,9-12,19H,5,8,13-17H2,1H3,(H,26,31)/t19-/m0/s1. The highest BCUT2D eigenvalue weighted by Crippen LogP contribution is 2.30. The maximum atomic E-state index is 12.5. The van der Waals surface area contributed by atoms with Gasteiger partial charge >= 0.3 is 0 Å². The molecule has 0 saturated carbocycles. The number of halogens is 1. The monoisotopic (exact) mass is 577 g/mol. The molecule has 2 aromatic carbocycles. The number of carbonyl (C=O) groups is 1. The number of aromatic nitrogens is 3. The third-order valence-electron chi connectivity index (χ3n) is 5.89. The van der Waals surface area contributed by atoms with Gasteiger partial charge in [-0.05, 0) is 49.1 Å². The lowest BCUT2D eigenvalue weighted by atomic mass is 9.98. The number of hydrogen-bond acceptors (Lipinski definition) is 6. The molecule has 1 amide bonds. The number of amides is 1. The summed E-state index contributed by atoms with van der Waals surface area (Å²) in [6, 6.07) is 17.6. The number of piperidine rings is 1. The Hall–Kier alpha value is -2.21. The van der Waals surface area contributed by atoms with Gasteiger partial charge in [0, 0.05) is 35.7 Å². The fraction of sp³-hybridized carbons (Fsp3) is 0.375. The van der Waals surface area contributed by atoms with E-state index >= 15 is 0 Å². The topological polar surface area (TPSA) is 97.2 Å². The number of hydrogen-bond donors (Lipinski definition) is 1. The minimum atomic E-state index is -3.27. The first kappa shape index (κ1) is 25.9. The molecule has 11 heteroatoms. The molecule has 1 atom stereocenters. The van der Waals surface area contributed by atoms with Crippen molar-refractivity contribution in [2.75, 3.05) is 30.4 Å². The summed E-state index contributed by atoms with van der Waals surface area (Å²) in [6.45, 7) is 1.58. The summed E-state index contributed by atoms with van der Waals surface area (Å²) in [4.78, 5) is 12.5. The van der Waals surface area contributed by atoms with Crippen LogP contribution < -0.4 is 5.32 Å². The molecular formula is C24H28BrN5O3S2. The van der Waals surface area contributed by atoms with Crippen molar-refractivity contribution in [3.05, 3.63) is 70.5 Å². The van der Waals surface area contributed by atoms with E-state index in [9.17, 15) is 13.2 Å². The second-order valence-corrected chi connectivity index (χ2v) is 12.4. The third-order valence-corrected chi connectivity index (χ3v) is 8.66. The molecular weight excluding hydrogens is 550 g/mol. The Morgan fingerprint density at radius 1 is 1.14 bits per heavy atom. The van der Waals surface area contributed by atoms with Crippen LogP contribution in [0.15, 0.2) is 64.2 Å². The molecule has 1 aliphatic rings. The molecule has 0 bridgehead atoms. The van der Waals surface area contributed by atoms with Crippen molar-refractivity contribution >= 4 is 49.3 Å². The van der Waals surface area contributed by atoms with Crippen molar-refractivity contribution in [2.45, 2.75) is 36.9 Å². The largest absolute Gasteiger partial charge is 0.325 e. The van der Waals surface area contributed by atoms with Crippen LogP contribution >= 0.6 is 27.7 Å². The summed E-state index contributed by atoms with van der Waals surface area (Å²) in [7, 11) is -3.27. The van der Waals surface area contributed by atoms with Gasteiger partial charge in [0.2, 0.25) is 15.9 Å². The summed E-state index contributed by atoms with van der Waals surface area (Å²) >= 11 is 4.73. The Balaban J connectivity index is 1.50. The number of benzene rings is 2. The molecule has 1 aliphatic heterocycles.